The van der Waals surface area contributed by atoms with E-state index in [0.717, 1.165) is 12.3 Å². The molecule has 0 aromatic heterocycles. The molecule has 186 valence electrons. The van der Waals surface area contributed by atoms with E-state index in [4.69, 9.17) is 4.74 Å². The van der Waals surface area contributed by atoms with E-state index in [1.54, 1.807) is 0 Å². The number of benzene rings is 2. The molecule has 2 heteroatoms. The first-order chi connectivity index (χ1) is 16.7. The highest BCUT2D eigenvalue weighted by molar-refractivity contribution is 5.91. The van der Waals surface area contributed by atoms with Gasteiger partial charge in [-0.25, -0.2) is 4.79 Å². The Balaban J connectivity index is 1.39. The van der Waals surface area contributed by atoms with Gasteiger partial charge in [-0.2, -0.15) is 0 Å². The van der Waals surface area contributed by atoms with E-state index in [1.807, 2.05) is 24.3 Å². The summed E-state index contributed by atoms with van der Waals surface area (Å²) in [6, 6.07) is 16.2. The molecule has 34 heavy (non-hydrogen) atoms. The Morgan fingerprint density at radius 3 is 2.03 bits per heavy atom. The Hall–Kier alpha value is -2.09. The molecule has 0 saturated heterocycles. The van der Waals surface area contributed by atoms with Crippen molar-refractivity contribution in [3.05, 3.63) is 65.2 Å². The van der Waals surface area contributed by atoms with Gasteiger partial charge in [0.15, 0.2) is 0 Å². The SMILES string of the molecule is CCCCCCCCC1CCC(c2ccc(OC(=O)c3ccc(CCCCC)cc3)cc2)CC1. The molecule has 2 aromatic carbocycles. The highest BCUT2D eigenvalue weighted by atomic mass is 16.5. The van der Waals surface area contributed by atoms with Crippen LogP contribution in [0.5, 0.6) is 5.75 Å². The summed E-state index contributed by atoms with van der Waals surface area (Å²) in [4.78, 5) is 12.5. The minimum absolute atomic E-state index is 0.275. The zero-order chi connectivity index (χ0) is 24.0. The molecule has 0 aliphatic heterocycles. The van der Waals surface area contributed by atoms with Crippen molar-refractivity contribution in [2.24, 2.45) is 5.92 Å². The van der Waals surface area contributed by atoms with Crippen molar-refractivity contribution in [3.63, 3.8) is 0 Å². The van der Waals surface area contributed by atoms with Crippen LogP contribution < -0.4 is 4.74 Å². The molecular formula is C32H46O2. The van der Waals surface area contributed by atoms with E-state index in [-0.39, 0.29) is 5.97 Å². The molecule has 1 saturated carbocycles. The van der Waals surface area contributed by atoms with Gasteiger partial charge in [0.2, 0.25) is 0 Å². The van der Waals surface area contributed by atoms with Gasteiger partial charge in [-0.1, -0.05) is 95.9 Å². The van der Waals surface area contributed by atoms with Crippen molar-refractivity contribution < 1.29 is 9.53 Å². The van der Waals surface area contributed by atoms with Crippen LogP contribution in [0.4, 0.5) is 0 Å². The van der Waals surface area contributed by atoms with Crippen LogP contribution >= 0.6 is 0 Å². The van der Waals surface area contributed by atoms with Crippen LogP contribution in [-0.4, -0.2) is 5.97 Å². The topological polar surface area (TPSA) is 26.3 Å². The second kappa shape index (κ2) is 15.0. The fourth-order valence-electron chi connectivity index (χ4n) is 5.36. The first kappa shape index (κ1) is 26.5. The van der Waals surface area contributed by atoms with Crippen LogP contribution in [0, 0.1) is 5.92 Å². The lowest BCUT2D eigenvalue weighted by Crippen LogP contribution is -2.13. The van der Waals surface area contributed by atoms with Crippen molar-refractivity contribution in [3.8, 4) is 5.75 Å². The maximum absolute atomic E-state index is 12.5. The summed E-state index contributed by atoms with van der Waals surface area (Å²) in [6.07, 6.45) is 19.9. The van der Waals surface area contributed by atoms with Crippen LogP contribution in [0.25, 0.3) is 0 Å². The number of rotatable bonds is 14. The monoisotopic (exact) mass is 462 g/mol. The molecule has 0 amide bonds. The zero-order valence-electron chi connectivity index (χ0n) is 21.7. The number of ether oxygens (including phenoxy) is 1. The lowest BCUT2D eigenvalue weighted by atomic mass is 9.77. The Morgan fingerprint density at radius 1 is 0.735 bits per heavy atom. The molecule has 1 aliphatic carbocycles. The third kappa shape index (κ3) is 8.93. The molecule has 0 radical (unpaired) electrons. The number of aryl methyl sites for hydroxylation is 1. The third-order valence-electron chi connectivity index (χ3n) is 7.63. The molecule has 2 aromatic rings. The van der Waals surface area contributed by atoms with Gasteiger partial charge >= 0.3 is 5.97 Å². The highest BCUT2D eigenvalue weighted by Crippen LogP contribution is 2.38. The number of carbonyl (C=O) groups excluding carboxylic acids is 1. The highest BCUT2D eigenvalue weighted by Gasteiger charge is 2.22. The van der Waals surface area contributed by atoms with Crippen LogP contribution in [0.2, 0.25) is 0 Å². The van der Waals surface area contributed by atoms with Crippen molar-refractivity contribution in [1.29, 1.82) is 0 Å². The van der Waals surface area contributed by atoms with Crippen molar-refractivity contribution in [2.45, 2.75) is 116 Å². The van der Waals surface area contributed by atoms with Crippen LogP contribution in [0.3, 0.4) is 0 Å². The normalized spacial score (nSPS) is 18.1. The molecule has 0 spiro atoms. The molecule has 0 heterocycles. The van der Waals surface area contributed by atoms with Gasteiger partial charge in [0, 0.05) is 0 Å². The van der Waals surface area contributed by atoms with E-state index in [1.165, 1.54) is 101 Å². The number of esters is 1. The largest absolute Gasteiger partial charge is 0.423 e. The minimum Gasteiger partial charge on any atom is -0.423 e. The summed E-state index contributed by atoms with van der Waals surface area (Å²) in [6.45, 7) is 4.50. The predicted molar refractivity (Wildman–Crippen MR) is 144 cm³/mol. The summed E-state index contributed by atoms with van der Waals surface area (Å²) in [7, 11) is 0. The molecule has 0 bridgehead atoms. The molecule has 0 unspecified atom stereocenters. The average molecular weight is 463 g/mol. The number of carbonyl (C=O) groups is 1. The van der Waals surface area contributed by atoms with Gasteiger partial charge in [0.25, 0.3) is 0 Å². The zero-order valence-corrected chi connectivity index (χ0v) is 21.7. The molecule has 1 fully saturated rings. The fourth-order valence-corrected chi connectivity index (χ4v) is 5.36. The standard InChI is InChI=1S/C32H46O2/c1-3-5-7-8-9-11-13-27-14-18-28(19-15-27)29-22-24-31(25-23-29)34-32(33)30-20-16-26(17-21-30)12-10-6-4-2/h16-17,20-25,27-28H,3-15,18-19H2,1-2H3. The van der Waals surface area contributed by atoms with Gasteiger partial charge in [-0.15, -0.1) is 0 Å². The molecular weight excluding hydrogens is 416 g/mol. The Bertz CT molecular complexity index is 813. The van der Waals surface area contributed by atoms with E-state index < -0.39 is 0 Å². The lowest BCUT2D eigenvalue weighted by Gasteiger charge is -2.29. The van der Waals surface area contributed by atoms with Crippen molar-refractivity contribution in [2.75, 3.05) is 0 Å². The minimum atomic E-state index is -0.275. The van der Waals surface area contributed by atoms with Gasteiger partial charge in [-0.05, 0) is 85.8 Å². The molecule has 0 atom stereocenters. The van der Waals surface area contributed by atoms with Crippen molar-refractivity contribution in [1.82, 2.24) is 0 Å². The van der Waals surface area contributed by atoms with Gasteiger partial charge in [0.05, 0.1) is 5.56 Å². The van der Waals surface area contributed by atoms with Crippen LogP contribution in [-0.2, 0) is 6.42 Å². The first-order valence-electron chi connectivity index (χ1n) is 14.1. The maximum Gasteiger partial charge on any atom is 0.343 e. The molecule has 0 N–H and O–H groups in total. The van der Waals surface area contributed by atoms with Gasteiger partial charge in [-0.3, -0.25) is 0 Å². The Morgan fingerprint density at radius 2 is 1.35 bits per heavy atom. The smallest absolute Gasteiger partial charge is 0.343 e. The second-order valence-electron chi connectivity index (χ2n) is 10.4. The molecule has 2 nitrogen and oxygen atoms in total. The van der Waals surface area contributed by atoms with Gasteiger partial charge in [0.1, 0.15) is 5.75 Å². The summed E-state index contributed by atoms with van der Waals surface area (Å²) in [5, 5.41) is 0. The summed E-state index contributed by atoms with van der Waals surface area (Å²) in [5.41, 5.74) is 3.30. The number of hydrogen-bond acceptors (Lipinski definition) is 2. The maximum atomic E-state index is 12.5. The van der Waals surface area contributed by atoms with E-state index >= 15 is 0 Å². The predicted octanol–water partition coefficient (Wildman–Crippen LogP) is 9.66. The average Bonchev–Trinajstić information content (AvgIpc) is 2.87. The number of unbranched alkanes of at least 4 members (excludes halogenated alkanes) is 7. The quantitative estimate of drug-likeness (QED) is 0.159. The van der Waals surface area contributed by atoms with E-state index in [9.17, 15) is 4.79 Å². The second-order valence-corrected chi connectivity index (χ2v) is 10.4. The Labute approximate surface area is 208 Å². The Kier molecular flexibility index (Phi) is 11.7. The third-order valence-corrected chi connectivity index (χ3v) is 7.63. The number of hydrogen-bond donors (Lipinski definition) is 0. The van der Waals surface area contributed by atoms with E-state index in [0.29, 0.717) is 17.2 Å². The van der Waals surface area contributed by atoms with Crippen LogP contribution in [0.1, 0.15) is 131 Å². The summed E-state index contributed by atoms with van der Waals surface area (Å²) >= 11 is 0. The first-order valence-corrected chi connectivity index (χ1v) is 14.1. The van der Waals surface area contributed by atoms with Crippen molar-refractivity contribution >= 4 is 5.97 Å². The van der Waals surface area contributed by atoms with E-state index in [2.05, 4.69) is 38.1 Å². The molecule has 1 aliphatic rings. The van der Waals surface area contributed by atoms with Crippen LogP contribution in [0.15, 0.2) is 48.5 Å². The summed E-state index contributed by atoms with van der Waals surface area (Å²) < 4.78 is 5.64. The fraction of sp³-hybridized carbons (Fsp3) is 0.594. The van der Waals surface area contributed by atoms with Gasteiger partial charge < -0.3 is 4.74 Å². The molecule has 3 rings (SSSR count). The lowest BCUT2D eigenvalue weighted by molar-refractivity contribution is 0.0734. The summed E-state index contributed by atoms with van der Waals surface area (Å²) in [5.74, 6) is 1.95.